The highest BCUT2D eigenvalue weighted by molar-refractivity contribution is 8.00. The molecule has 124 valence electrons. The molecule has 0 spiro atoms. The lowest BCUT2D eigenvalue weighted by atomic mass is 9.95. The Morgan fingerprint density at radius 1 is 1.30 bits per heavy atom. The van der Waals surface area contributed by atoms with Gasteiger partial charge in [0, 0.05) is 21.7 Å². The molecule has 0 saturated carbocycles. The summed E-state index contributed by atoms with van der Waals surface area (Å²) >= 11 is 20.8. The fourth-order valence-electron chi connectivity index (χ4n) is 1.45. The van der Waals surface area contributed by atoms with E-state index < -0.39 is 5.41 Å². The van der Waals surface area contributed by atoms with Crippen molar-refractivity contribution in [1.82, 2.24) is 10.2 Å². The Morgan fingerprint density at radius 2 is 1.96 bits per heavy atom. The Hall–Kier alpha value is -0.530. The lowest BCUT2D eigenvalue weighted by molar-refractivity contribution is -0.122. The molecule has 9 heteroatoms. The Kier molecular flexibility index (Phi) is 6.57. The summed E-state index contributed by atoms with van der Waals surface area (Å²) in [7, 11) is 0. The van der Waals surface area contributed by atoms with Gasteiger partial charge in [0.25, 0.3) is 0 Å². The van der Waals surface area contributed by atoms with Gasteiger partial charge < -0.3 is 0 Å². The number of nitrogens with one attached hydrogen (secondary N) is 1. The van der Waals surface area contributed by atoms with Crippen LogP contribution >= 0.6 is 57.9 Å². The number of hydrogen-bond donors (Lipinski definition) is 1. The third-order valence-corrected chi connectivity index (χ3v) is 6.35. The van der Waals surface area contributed by atoms with Gasteiger partial charge in [0.05, 0.1) is 5.41 Å². The molecular formula is C14H14Cl3N3OS2. The van der Waals surface area contributed by atoms with Crippen molar-refractivity contribution in [2.75, 3.05) is 11.2 Å². The van der Waals surface area contributed by atoms with Crippen LogP contribution < -0.4 is 5.32 Å². The molecule has 1 aromatic heterocycles. The molecule has 0 fully saturated rings. The molecule has 0 aliphatic heterocycles. The first kappa shape index (κ1) is 18.8. The van der Waals surface area contributed by atoms with Gasteiger partial charge >= 0.3 is 0 Å². The zero-order valence-electron chi connectivity index (χ0n) is 12.4. The van der Waals surface area contributed by atoms with Gasteiger partial charge in [-0.1, -0.05) is 52.4 Å². The van der Waals surface area contributed by atoms with Gasteiger partial charge in [0.15, 0.2) is 4.34 Å². The summed E-state index contributed by atoms with van der Waals surface area (Å²) in [5, 5.41) is 12.4. The molecule has 23 heavy (non-hydrogen) atoms. The standard InChI is InChI=1S/C14H14Cl3N3OS2/c1-14(2,7-15)11(21)18-12-19-20-13(23-12)22-6-8-9(16)4-3-5-10(8)17/h3-5H,6-7H2,1-2H3,(H,18,19,21). The molecule has 0 unspecified atom stereocenters. The summed E-state index contributed by atoms with van der Waals surface area (Å²) in [6.45, 7) is 3.54. The number of halogens is 3. The Bertz CT molecular complexity index is 686. The average molecular weight is 411 g/mol. The predicted octanol–water partition coefficient (Wildman–Crippen LogP) is 5.34. The van der Waals surface area contributed by atoms with Crippen molar-refractivity contribution in [3.63, 3.8) is 0 Å². The largest absolute Gasteiger partial charge is 0.300 e. The first-order valence-electron chi connectivity index (χ1n) is 6.60. The van der Waals surface area contributed by atoms with Crippen molar-refractivity contribution in [2.45, 2.75) is 23.9 Å². The number of benzene rings is 1. The van der Waals surface area contributed by atoms with E-state index in [4.69, 9.17) is 34.8 Å². The fraction of sp³-hybridized carbons (Fsp3) is 0.357. The lowest BCUT2D eigenvalue weighted by Crippen LogP contribution is -2.32. The minimum absolute atomic E-state index is 0.186. The van der Waals surface area contributed by atoms with Crippen molar-refractivity contribution < 1.29 is 4.79 Å². The van der Waals surface area contributed by atoms with Crippen LogP contribution in [0.4, 0.5) is 5.13 Å². The van der Waals surface area contributed by atoms with E-state index in [2.05, 4.69) is 15.5 Å². The zero-order chi connectivity index (χ0) is 17.0. The molecule has 1 N–H and O–H groups in total. The highest BCUT2D eigenvalue weighted by Crippen LogP contribution is 2.34. The summed E-state index contributed by atoms with van der Waals surface area (Å²) in [5.41, 5.74) is 0.191. The van der Waals surface area contributed by atoms with Gasteiger partial charge in [-0.3, -0.25) is 10.1 Å². The van der Waals surface area contributed by atoms with Crippen LogP contribution in [-0.4, -0.2) is 22.0 Å². The van der Waals surface area contributed by atoms with E-state index in [-0.39, 0.29) is 11.8 Å². The van der Waals surface area contributed by atoms with Gasteiger partial charge in [-0.15, -0.1) is 21.8 Å². The highest BCUT2D eigenvalue weighted by atomic mass is 35.5. The van der Waals surface area contributed by atoms with E-state index in [9.17, 15) is 4.79 Å². The number of rotatable bonds is 6. The monoisotopic (exact) mass is 409 g/mol. The molecule has 1 aromatic carbocycles. The lowest BCUT2D eigenvalue weighted by Gasteiger charge is -2.18. The summed E-state index contributed by atoms with van der Waals surface area (Å²) in [4.78, 5) is 12.0. The molecular weight excluding hydrogens is 397 g/mol. The minimum Gasteiger partial charge on any atom is -0.300 e. The van der Waals surface area contributed by atoms with E-state index in [0.29, 0.717) is 20.9 Å². The Balaban J connectivity index is 1.99. The van der Waals surface area contributed by atoms with Crippen LogP contribution in [0.1, 0.15) is 19.4 Å². The van der Waals surface area contributed by atoms with Crippen LogP contribution in [0, 0.1) is 5.41 Å². The zero-order valence-corrected chi connectivity index (χ0v) is 16.3. The molecule has 1 amide bonds. The number of amides is 1. The summed E-state index contributed by atoms with van der Waals surface area (Å²) in [6, 6.07) is 5.39. The maximum absolute atomic E-state index is 12.0. The number of hydrogen-bond acceptors (Lipinski definition) is 5. The molecule has 0 bridgehead atoms. The summed E-state index contributed by atoms with van der Waals surface area (Å²) in [5.74, 6) is 0.618. The van der Waals surface area contributed by atoms with Crippen LogP contribution in [-0.2, 0) is 10.5 Å². The second kappa shape index (κ2) is 8.03. The Morgan fingerprint density at radius 3 is 2.57 bits per heavy atom. The molecule has 0 aliphatic carbocycles. The molecule has 4 nitrogen and oxygen atoms in total. The topological polar surface area (TPSA) is 54.9 Å². The van der Waals surface area contributed by atoms with Gasteiger partial charge in [-0.2, -0.15) is 0 Å². The van der Waals surface area contributed by atoms with Crippen molar-refractivity contribution in [1.29, 1.82) is 0 Å². The third kappa shape index (κ3) is 4.97. The fourth-order valence-corrected chi connectivity index (χ4v) is 4.06. The second-order valence-corrected chi connectivity index (χ2v) is 8.62. The van der Waals surface area contributed by atoms with Gasteiger partial charge in [0.2, 0.25) is 11.0 Å². The maximum atomic E-state index is 12.0. The number of aromatic nitrogens is 2. The van der Waals surface area contributed by atoms with Crippen molar-refractivity contribution in [3.05, 3.63) is 33.8 Å². The number of nitrogens with zero attached hydrogens (tertiary/aromatic N) is 2. The molecule has 0 saturated heterocycles. The van der Waals surface area contributed by atoms with Gasteiger partial charge in [-0.05, 0) is 31.5 Å². The van der Waals surface area contributed by atoms with Crippen molar-refractivity contribution >= 4 is 68.9 Å². The van der Waals surface area contributed by atoms with Crippen molar-refractivity contribution in [2.24, 2.45) is 5.41 Å². The number of thioether (sulfide) groups is 1. The third-order valence-electron chi connectivity index (χ3n) is 2.98. The first-order chi connectivity index (χ1) is 10.8. The minimum atomic E-state index is -0.661. The van der Waals surface area contributed by atoms with Crippen LogP contribution in [0.3, 0.4) is 0 Å². The smallest absolute Gasteiger partial charge is 0.233 e. The van der Waals surface area contributed by atoms with Gasteiger partial charge in [0.1, 0.15) is 0 Å². The maximum Gasteiger partial charge on any atom is 0.233 e. The van der Waals surface area contributed by atoms with E-state index in [1.165, 1.54) is 23.1 Å². The summed E-state index contributed by atoms with van der Waals surface area (Å²) in [6.07, 6.45) is 0. The number of carbonyl (C=O) groups is 1. The molecule has 1 heterocycles. The quantitative estimate of drug-likeness (QED) is 0.397. The molecule has 0 atom stereocenters. The van der Waals surface area contributed by atoms with E-state index in [1.54, 1.807) is 32.0 Å². The molecule has 0 radical (unpaired) electrons. The second-order valence-electron chi connectivity index (χ2n) is 5.33. The van der Waals surface area contributed by atoms with Crippen molar-refractivity contribution in [3.8, 4) is 0 Å². The average Bonchev–Trinajstić information content (AvgIpc) is 2.94. The van der Waals surface area contributed by atoms with Crippen LogP contribution in [0.5, 0.6) is 0 Å². The van der Waals surface area contributed by atoms with E-state index >= 15 is 0 Å². The first-order valence-corrected chi connectivity index (χ1v) is 9.69. The number of alkyl halides is 1. The highest BCUT2D eigenvalue weighted by Gasteiger charge is 2.27. The molecule has 2 aromatic rings. The van der Waals surface area contributed by atoms with Crippen LogP contribution in [0.25, 0.3) is 0 Å². The van der Waals surface area contributed by atoms with Crippen LogP contribution in [0.15, 0.2) is 22.5 Å². The molecule has 2 rings (SSSR count). The SMILES string of the molecule is CC(C)(CCl)C(=O)Nc1nnc(SCc2c(Cl)cccc2Cl)s1. The normalized spacial score (nSPS) is 11.5. The number of anilines is 1. The molecule has 0 aliphatic rings. The van der Waals surface area contributed by atoms with E-state index in [1.807, 2.05) is 0 Å². The predicted molar refractivity (Wildman–Crippen MR) is 99.1 cm³/mol. The number of carbonyl (C=O) groups excluding carboxylic acids is 1. The van der Waals surface area contributed by atoms with Gasteiger partial charge in [-0.25, -0.2) is 0 Å². The van der Waals surface area contributed by atoms with E-state index in [0.717, 1.165) is 9.90 Å². The Labute approximate surface area is 157 Å². The summed E-state index contributed by atoms with van der Waals surface area (Å²) < 4.78 is 0.722. The van der Waals surface area contributed by atoms with Crippen LogP contribution in [0.2, 0.25) is 10.0 Å².